The van der Waals surface area contributed by atoms with Gasteiger partial charge in [0.05, 0.1) is 23.6 Å². The van der Waals surface area contributed by atoms with Gasteiger partial charge in [0.15, 0.2) is 5.69 Å². The smallest absolute Gasteiger partial charge is 0.272 e. The van der Waals surface area contributed by atoms with Crippen molar-refractivity contribution < 1.29 is 31.9 Å². The predicted octanol–water partition coefficient (Wildman–Crippen LogP) is 3.74. The number of halogens is 4. The fourth-order valence-electron chi connectivity index (χ4n) is 6.16. The maximum absolute atomic E-state index is 13.9. The summed E-state index contributed by atoms with van der Waals surface area (Å²) in [6.45, 7) is 5.92. The van der Waals surface area contributed by atoms with E-state index in [0.717, 1.165) is 13.0 Å². The molecule has 2 aromatic rings. The van der Waals surface area contributed by atoms with E-state index in [0.29, 0.717) is 42.4 Å². The standard InChI is InChI=1S/C29H36F4N6O3/c1-3-19-15-38(27(41)28(26(30)31)16-29(32,33)17-28)12-13-39(19)22-8-7-21(20-6-5-10-35-25(20)42-4-2)37-23(22)24(40)36-18-9-11-34-14-18/h5-8,10,18-19,26,34H,3-4,9,11-17H2,1-2H3,(H,36,40)/t18-,19-/m1/s1. The highest BCUT2D eigenvalue weighted by Crippen LogP contribution is 2.56. The number of amides is 2. The molecule has 4 heterocycles. The molecule has 0 unspecified atom stereocenters. The summed E-state index contributed by atoms with van der Waals surface area (Å²) in [5.41, 5.74) is -0.500. The van der Waals surface area contributed by atoms with Gasteiger partial charge in [0.1, 0.15) is 5.41 Å². The van der Waals surface area contributed by atoms with Crippen LogP contribution in [0.25, 0.3) is 11.3 Å². The van der Waals surface area contributed by atoms with Crippen molar-refractivity contribution in [1.29, 1.82) is 0 Å². The maximum atomic E-state index is 13.9. The highest BCUT2D eigenvalue weighted by Gasteiger charge is 2.66. The molecule has 42 heavy (non-hydrogen) atoms. The Labute approximate surface area is 242 Å². The SMILES string of the molecule is CCOc1ncccc1-c1ccc(N2CCN(C(=O)C3(C(F)F)CC(F)(F)C3)C[C@H]2CC)c(C(=O)N[C@@H]2CCNC2)n1. The minimum atomic E-state index is -3.26. The summed E-state index contributed by atoms with van der Waals surface area (Å²) in [5.74, 6) is -4.16. The number of pyridine rings is 2. The Bertz CT molecular complexity index is 1300. The van der Waals surface area contributed by atoms with E-state index in [2.05, 4.69) is 15.6 Å². The molecule has 0 radical (unpaired) electrons. The number of alkyl halides is 4. The molecule has 13 heteroatoms. The highest BCUT2D eigenvalue weighted by atomic mass is 19.3. The Kier molecular flexibility index (Phi) is 8.58. The van der Waals surface area contributed by atoms with E-state index in [1.165, 1.54) is 4.90 Å². The van der Waals surface area contributed by atoms with E-state index in [4.69, 9.17) is 9.72 Å². The third-order valence-electron chi connectivity index (χ3n) is 8.36. The Morgan fingerprint density at radius 1 is 1.19 bits per heavy atom. The molecule has 1 aliphatic carbocycles. The number of hydrogen-bond donors (Lipinski definition) is 2. The molecular formula is C29H36F4N6O3. The topological polar surface area (TPSA) is 99.7 Å². The molecule has 0 spiro atoms. The van der Waals surface area contributed by atoms with Crippen LogP contribution in [0.1, 0.15) is 50.0 Å². The van der Waals surface area contributed by atoms with Crippen LogP contribution < -0.4 is 20.3 Å². The minimum Gasteiger partial charge on any atom is -0.477 e. The van der Waals surface area contributed by atoms with Gasteiger partial charge < -0.3 is 25.2 Å². The number of rotatable bonds is 9. The van der Waals surface area contributed by atoms with E-state index in [-0.39, 0.29) is 43.3 Å². The van der Waals surface area contributed by atoms with Crippen LogP contribution in [0.2, 0.25) is 0 Å². The van der Waals surface area contributed by atoms with Gasteiger partial charge in [-0.05, 0) is 50.6 Å². The van der Waals surface area contributed by atoms with Crippen molar-refractivity contribution in [1.82, 2.24) is 25.5 Å². The normalized spacial score (nSPS) is 23.0. The molecule has 1 saturated carbocycles. The molecule has 5 rings (SSSR count). The predicted molar refractivity (Wildman–Crippen MR) is 148 cm³/mol. The number of carbonyl (C=O) groups is 2. The average Bonchev–Trinajstić information content (AvgIpc) is 3.48. The van der Waals surface area contributed by atoms with Gasteiger partial charge >= 0.3 is 0 Å². The number of nitrogens with zero attached hydrogens (tertiary/aromatic N) is 4. The molecule has 2 amide bonds. The van der Waals surface area contributed by atoms with Gasteiger partial charge in [-0.2, -0.15) is 0 Å². The van der Waals surface area contributed by atoms with E-state index in [9.17, 15) is 27.2 Å². The third kappa shape index (κ3) is 5.75. The second kappa shape index (κ2) is 12.0. The highest BCUT2D eigenvalue weighted by molar-refractivity contribution is 5.99. The first kappa shape index (κ1) is 30.0. The van der Waals surface area contributed by atoms with Crippen molar-refractivity contribution >= 4 is 17.5 Å². The summed E-state index contributed by atoms with van der Waals surface area (Å²) in [6, 6.07) is 6.73. The number of aromatic nitrogens is 2. The van der Waals surface area contributed by atoms with Crippen LogP contribution in [0.5, 0.6) is 5.88 Å². The lowest BCUT2D eigenvalue weighted by Crippen LogP contribution is -2.64. The van der Waals surface area contributed by atoms with Crippen molar-refractivity contribution in [3.8, 4) is 17.1 Å². The fraction of sp³-hybridized carbons (Fsp3) is 0.586. The van der Waals surface area contributed by atoms with Gasteiger partial charge in [-0.25, -0.2) is 27.5 Å². The zero-order valence-electron chi connectivity index (χ0n) is 23.7. The molecule has 0 bridgehead atoms. The first-order valence-electron chi connectivity index (χ1n) is 14.4. The third-order valence-corrected chi connectivity index (χ3v) is 8.36. The number of nitrogens with one attached hydrogen (secondary N) is 2. The average molecular weight is 593 g/mol. The van der Waals surface area contributed by atoms with Crippen LogP contribution in [0, 0.1) is 5.41 Å². The van der Waals surface area contributed by atoms with Crippen LogP contribution >= 0.6 is 0 Å². The van der Waals surface area contributed by atoms with Crippen molar-refractivity contribution in [2.24, 2.45) is 5.41 Å². The molecule has 9 nitrogen and oxygen atoms in total. The van der Waals surface area contributed by atoms with Crippen molar-refractivity contribution in [3.05, 3.63) is 36.2 Å². The number of ether oxygens (including phenoxy) is 1. The van der Waals surface area contributed by atoms with Crippen LogP contribution in [0.4, 0.5) is 23.2 Å². The fourth-order valence-corrected chi connectivity index (χ4v) is 6.16. The number of piperazine rings is 1. The molecular weight excluding hydrogens is 556 g/mol. The van der Waals surface area contributed by atoms with Crippen LogP contribution in [-0.4, -0.2) is 90.4 Å². The summed E-state index contributed by atoms with van der Waals surface area (Å²) in [5, 5.41) is 6.28. The molecule has 2 atom stereocenters. The molecule has 2 aromatic heterocycles. The molecule has 3 aliphatic rings. The summed E-state index contributed by atoms with van der Waals surface area (Å²) in [7, 11) is 0. The summed E-state index contributed by atoms with van der Waals surface area (Å²) < 4.78 is 60.8. The van der Waals surface area contributed by atoms with E-state index >= 15 is 0 Å². The number of carbonyl (C=O) groups excluding carboxylic acids is 2. The summed E-state index contributed by atoms with van der Waals surface area (Å²) >= 11 is 0. The maximum Gasteiger partial charge on any atom is 0.272 e. The quantitative estimate of drug-likeness (QED) is 0.428. The zero-order chi connectivity index (χ0) is 30.1. The molecule has 2 saturated heterocycles. The molecule has 3 fully saturated rings. The first-order chi connectivity index (χ1) is 20.1. The Hall–Kier alpha value is -3.48. The molecule has 0 aromatic carbocycles. The largest absolute Gasteiger partial charge is 0.477 e. The van der Waals surface area contributed by atoms with Gasteiger partial charge in [0.2, 0.25) is 11.8 Å². The Balaban J connectivity index is 1.44. The monoisotopic (exact) mass is 592 g/mol. The second-order valence-electron chi connectivity index (χ2n) is 11.2. The van der Waals surface area contributed by atoms with Gasteiger partial charge in [0, 0.05) is 57.3 Å². The van der Waals surface area contributed by atoms with E-state index < -0.39 is 36.5 Å². The van der Waals surface area contributed by atoms with Gasteiger partial charge in [-0.15, -0.1) is 0 Å². The van der Waals surface area contributed by atoms with Crippen molar-refractivity contribution in [2.45, 2.75) is 64.0 Å². The van der Waals surface area contributed by atoms with Crippen LogP contribution in [0.15, 0.2) is 30.5 Å². The number of anilines is 1. The molecule has 228 valence electrons. The first-order valence-corrected chi connectivity index (χ1v) is 14.4. The lowest BCUT2D eigenvalue weighted by molar-refractivity contribution is -0.219. The Morgan fingerprint density at radius 2 is 1.98 bits per heavy atom. The summed E-state index contributed by atoms with van der Waals surface area (Å²) in [6.07, 6.45) is -2.54. The van der Waals surface area contributed by atoms with Crippen LogP contribution in [-0.2, 0) is 4.79 Å². The van der Waals surface area contributed by atoms with Gasteiger partial charge in [0.25, 0.3) is 18.3 Å². The van der Waals surface area contributed by atoms with Crippen LogP contribution in [0.3, 0.4) is 0 Å². The zero-order valence-corrected chi connectivity index (χ0v) is 23.7. The van der Waals surface area contributed by atoms with Gasteiger partial charge in [-0.3, -0.25) is 9.59 Å². The minimum absolute atomic E-state index is 0.0574. The summed E-state index contributed by atoms with van der Waals surface area (Å²) in [4.78, 5) is 39.1. The van der Waals surface area contributed by atoms with Crippen molar-refractivity contribution in [3.63, 3.8) is 0 Å². The van der Waals surface area contributed by atoms with E-state index in [1.807, 2.05) is 24.8 Å². The molecule has 2 aliphatic heterocycles. The van der Waals surface area contributed by atoms with E-state index in [1.54, 1.807) is 24.4 Å². The van der Waals surface area contributed by atoms with Crippen molar-refractivity contribution in [2.75, 3.05) is 44.2 Å². The number of hydrogen-bond acceptors (Lipinski definition) is 7. The lowest BCUT2D eigenvalue weighted by atomic mass is 9.65. The molecule has 2 N–H and O–H groups in total. The lowest BCUT2D eigenvalue weighted by Gasteiger charge is -2.50. The second-order valence-corrected chi connectivity index (χ2v) is 11.2. The Morgan fingerprint density at radius 3 is 2.62 bits per heavy atom. The van der Waals surface area contributed by atoms with Gasteiger partial charge in [-0.1, -0.05) is 6.92 Å².